The average Bonchev–Trinajstić information content (AvgIpc) is 2.64. The van der Waals surface area contributed by atoms with E-state index in [1.165, 1.54) is 0 Å². The van der Waals surface area contributed by atoms with E-state index in [9.17, 15) is 9.59 Å². The molecule has 0 saturated carbocycles. The fourth-order valence-corrected chi connectivity index (χ4v) is 1.97. The van der Waals surface area contributed by atoms with Gasteiger partial charge in [-0.2, -0.15) is 0 Å². The number of carbonyl (C=O) groups excluding carboxylic acids is 1. The number of amides is 1. The summed E-state index contributed by atoms with van der Waals surface area (Å²) in [5.74, 6) is 0.406. The number of anilines is 1. The quantitative estimate of drug-likeness (QED) is 0.887. The Balaban J connectivity index is 1.99. The first kappa shape index (κ1) is 14.0. The van der Waals surface area contributed by atoms with Crippen molar-refractivity contribution in [2.75, 3.05) is 5.32 Å². The van der Waals surface area contributed by atoms with Crippen LogP contribution in [0.15, 0.2) is 23.1 Å². The highest BCUT2D eigenvalue weighted by atomic mass is 16.2. The van der Waals surface area contributed by atoms with Crippen molar-refractivity contribution in [2.45, 2.75) is 33.7 Å². The van der Waals surface area contributed by atoms with Crippen LogP contribution in [0.4, 0.5) is 5.82 Å². The summed E-state index contributed by atoms with van der Waals surface area (Å²) in [6.07, 6.45) is 1.86. The van der Waals surface area contributed by atoms with Crippen LogP contribution >= 0.6 is 0 Å². The Kier molecular flexibility index (Phi) is 4.02. The van der Waals surface area contributed by atoms with Crippen molar-refractivity contribution in [3.8, 4) is 0 Å². The molecule has 0 aliphatic carbocycles. The molecule has 106 valence electrons. The molecular weight excluding hydrogens is 256 g/mol. The molecule has 0 spiro atoms. The van der Waals surface area contributed by atoms with Gasteiger partial charge in [-0.1, -0.05) is 6.07 Å². The summed E-state index contributed by atoms with van der Waals surface area (Å²) in [5, 5.41) is 2.75. The van der Waals surface area contributed by atoms with E-state index >= 15 is 0 Å². The highest BCUT2D eigenvalue weighted by Crippen LogP contribution is 2.09. The number of imidazole rings is 1. The number of aromatic amines is 1. The number of nitrogens with zero attached hydrogens (tertiary/aromatic N) is 2. The van der Waals surface area contributed by atoms with E-state index < -0.39 is 0 Å². The number of aryl methyl sites for hydroxylation is 2. The van der Waals surface area contributed by atoms with Gasteiger partial charge in [-0.05, 0) is 32.4 Å². The van der Waals surface area contributed by atoms with Crippen LogP contribution < -0.4 is 11.0 Å². The van der Waals surface area contributed by atoms with Crippen LogP contribution in [0.5, 0.6) is 0 Å². The minimum absolute atomic E-state index is 0.156. The van der Waals surface area contributed by atoms with Gasteiger partial charge in [0.2, 0.25) is 5.91 Å². The third-order valence-corrected chi connectivity index (χ3v) is 3.32. The van der Waals surface area contributed by atoms with Crippen molar-refractivity contribution in [1.29, 1.82) is 0 Å². The molecular formula is C14H18N4O2. The number of rotatable bonds is 4. The first-order valence-corrected chi connectivity index (χ1v) is 6.46. The van der Waals surface area contributed by atoms with Gasteiger partial charge in [-0.3, -0.25) is 9.36 Å². The Bertz CT molecular complexity index is 685. The lowest BCUT2D eigenvalue weighted by molar-refractivity contribution is -0.116. The fourth-order valence-electron chi connectivity index (χ4n) is 1.97. The molecule has 0 unspecified atom stereocenters. The van der Waals surface area contributed by atoms with Gasteiger partial charge >= 0.3 is 5.69 Å². The molecule has 0 aliphatic heterocycles. The van der Waals surface area contributed by atoms with Gasteiger partial charge in [-0.25, -0.2) is 9.78 Å². The summed E-state index contributed by atoms with van der Waals surface area (Å²) in [7, 11) is 0. The summed E-state index contributed by atoms with van der Waals surface area (Å²) in [6.45, 7) is 5.93. The zero-order valence-electron chi connectivity index (χ0n) is 11.9. The van der Waals surface area contributed by atoms with E-state index in [2.05, 4.69) is 15.3 Å². The normalized spacial score (nSPS) is 10.6. The van der Waals surface area contributed by atoms with Crippen molar-refractivity contribution in [3.63, 3.8) is 0 Å². The van der Waals surface area contributed by atoms with E-state index in [-0.39, 0.29) is 18.0 Å². The van der Waals surface area contributed by atoms with Crippen molar-refractivity contribution in [2.24, 2.45) is 0 Å². The van der Waals surface area contributed by atoms with Crippen LogP contribution in [0, 0.1) is 20.8 Å². The van der Waals surface area contributed by atoms with Crippen molar-refractivity contribution in [1.82, 2.24) is 14.5 Å². The Morgan fingerprint density at radius 3 is 2.75 bits per heavy atom. The van der Waals surface area contributed by atoms with Crippen LogP contribution in [-0.4, -0.2) is 20.4 Å². The molecule has 0 aromatic carbocycles. The number of nitrogens with one attached hydrogen (secondary N) is 2. The molecule has 0 fully saturated rings. The third-order valence-electron chi connectivity index (χ3n) is 3.32. The van der Waals surface area contributed by atoms with E-state index in [1.807, 2.05) is 32.9 Å². The SMILES string of the molecule is Cc1cccnc1NC(=O)CCn1c(C)c(C)[nH]c1=O. The Morgan fingerprint density at radius 2 is 2.15 bits per heavy atom. The molecule has 2 aromatic rings. The predicted molar refractivity (Wildman–Crippen MR) is 76.7 cm³/mol. The largest absolute Gasteiger partial charge is 0.325 e. The summed E-state index contributed by atoms with van der Waals surface area (Å²) >= 11 is 0. The maximum absolute atomic E-state index is 11.9. The van der Waals surface area contributed by atoms with Gasteiger partial charge < -0.3 is 10.3 Å². The predicted octanol–water partition coefficient (Wildman–Crippen LogP) is 1.53. The van der Waals surface area contributed by atoms with Gasteiger partial charge in [0, 0.05) is 30.6 Å². The van der Waals surface area contributed by atoms with Crippen molar-refractivity contribution < 1.29 is 4.79 Å². The Morgan fingerprint density at radius 1 is 1.40 bits per heavy atom. The van der Waals surface area contributed by atoms with E-state index in [0.717, 1.165) is 17.0 Å². The monoisotopic (exact) mass is 274 g/mol. The molecule has 0 aliphatic rings. The summed E-state index contributed by atoms with van der Waals surface area (Å²) in [4.78, 5) is 30.4. The summed E-state index contributed by atoms with van der Waals surface area (Å²) < 4.78 is 1.57. The zero-order chi connectivity index (χ0) is 14.7. The maximum Gasteiger partial charge on any atom is 0.325 e. The molecule has 2 rings (SSSR count). The van der Waals surface area contributed by atoms with Crippen molar-refractivity contribution >= 4 is 11.7 Å². The zero-order valence-corrected chi connectivity index (χ0v) is 11.9. The van der Waals surface area contributed by atoms with Crippen LogP contribution in [0.2, 0.25) is 0 Å². The van der Waals surface area contributed by atoms with E-state index in [4.69, 9.17) is 0 Å². The summed E-state index contributed by atoms with van der Waals surface area (Å²) in [6, 6.07) is 3.70. The van der Waals surface area contributed by atoms with E-state index in [1.54, 1.807) is 10.8 Å². The molecule has 6 nitrogen and oxygen atoms in total. The average molecular weight is 274 g/mol. The van der Waals surface area contributed by atoms with Gasteiger partial charge in [0.05, 0.1) is 0 Å². The number of hydrogen-bond acceptors (Lipinski definition) is 3. The number of aromatic nitrogens is 3. The number of carbonyl (C=O) groups is 1. The highest BCUT2D eigenvalue weighted by Gasteiger charge is 2.10. The van der Waals surface area contributed by atoms with Crippen molar-refractivity contribution in [3.05, 3.63) is 45.8 Å². The maximum atomic E-state index is 11.9. The second kappa shape index (κ2) is 5.73. The lowest BCUT2D eigenvalue weighted by Gasteiger charge is -2.07. The highest BCUT2D eigenvalue weighted by molar-refractivity contribution is 5.90. The van der Waals surface area contributed by atoms with Gasteiger partial charge in [-0.15, -0.1) is 0 Å². The van der Waals surface area contributed by atoms with Crippen LogP contribution in [0.25, 0.3) is 0 Å². The fraction of sp³-hybridized carbons (Fsp3) is 0.357. The Labute approximate surface area is 116 Å². The molecule has 0 bridgehead atoms. The van der Waals surface area contributed by atoms with Crippen LogP contribution in [0.3, 0.4) is 0 Å². The topological polar surface area (TPSA) is 79.8 Å². The smallest absolute Gasteiger partial charge is 0.310 e. The van der Waals surface area contributed by atoms with Gasteiger partial charge in [0.15, 0.2) is 0 Å². The molecule has 2 aromatic heterocycles. The second-order valence-corrected chi connectivity index (χ2v) is 4.76. The number of pyridine rings is 1. The lowest BCUT2D eigenvalue weighted by Crippen LogP contribution is -2.22. The minimum Gasteiger partial charge on any atom is -0.310 e. The molecule has 0 radical (unpaired) electrons. The first-order valence-electron chi connectivity index (χ1n) is 6.46. The molecule has 0 saturated heterocycles. The van der Waals surface area contributed by atoms with Crippen LogP contribution in [-0.2, 0) is 11.3 Å². The van der Waals surface area contributed by atoms with Crippen LogP contribution in [0.1, 0.15) is 23.4 Å². The molecule has 20 heavy (non-hydrogen) atoms. The Hall–Kier alpha value is -2.37. The number of H-pyrrole nitrogens is 1. The minimum atomic E-state index is -0.179. The third kappa shape index (κ3) is 2.96. The standard InChI is InChI=1S/C14H18N4O2/c1-9-5-4-7-15-13(9)17-12(19)6-8-18-11(3)10(2)16-14(18)20/h4-5,7H,6,8H2,1-3H3,(H,16,20)(H,15,17,19). The molecule has 6 heteroatoms. The summed E-state index contributed by atoms with van der Waals surface area (Å²) in [5.41, 5.74) is 2.42. The first-order chi connectivity index (χ1) is 9.49. The number of hydrogen-bond donors (Lipinski definition) is 2. The lowest BCUT2D eigenvalue weighted by atomic mass is 10.3. The molecule has 2 N–H and O–H groups in total. The van der Waals surface area contributed by atoms with E-state index in [0.29, 0.717) is 12.4 Å². The molecule has 2 heterocycles. The van der Waals surface area contributed by atoms with Gasteiger partial charge in [0.25, 0.3) is 0 Å². The second-order valence-electron chi connectivity index (χ2n) is 4.76. The van der Waals surface area contributed by atoms with Gasteiger partial charge in [0.1, 0.15) is 5.82 Å². The molecule has 0 atom stereocenters. The molecule has 1 amide bonds.